The quantitative estimate of drug-likeness (QED) is 0.490. The summed E-state index contributed by atoms with van der Waals surface area (Å²) in [5.74, 6) is -6.63. The Kier molecular flexibility index (Phi) is 5.29. The largest absolute Gasteiger partial charge is 0.274 e. The Balaban J connectivity index is 1.16. The maximum Gasteiger partial charge on any atom is 0.261 e. The lowest BCUT2D eigenvalue weighted by Crippen LogP contribution is -2.65. The molecule has 2 saturated heterocycles. The van der Waals surface area contributed by atoms with Gasteiger partial charge in [0.1, 0.15) is 0 Å². The molecule has 0 atom stereocenters. The van der Waals surface area contributed by atoms with E-state index in [1.807, 2.05) is 0 Å². The minimum atomic E-state index is -1.48. The van der Waals surface area contributed by atoms with Crippen LogP contribution in [0.4, 0.5) is 22.7 Å². The first-order chi connectivity index (χ1) is 20.7. The van der Waals surface area contributed by atoms with Gasteiger partial charge in [-0.15, -0.1) is 0 Å². The molecule has 2 aromatic rings. The highest BCUT2D eigenvalue weighted by Gasteiger charge is 2.85. The lowest BCUT2D eigenvalue weighted by molar-refractivity contribution is -0.179. The van der Waals surface area contributed by atoms with E-state index in [0.717, 1.165) is 19.6 Å². The smallest absolute Gasteiger partial charge is 0.261 e. The maximum atomic E-state index is 13.9. The maximum absolute atomic E-state index is 13.9. The standard InChI is InChI=1S/C32H24N4O8/c1-15-13-21(37)33(25(15)39)17-5-9-19(10-6-17)35-27(41)23-31(3,29(35)43)24-28(42)36(30(44)32(23,24)4)20-11-7-18(8-12-20)34-22(38)14-16(2)26(34)40/h5-14,23-24H,1-4H3. The summed E-state index contributed by atoms with van der Waals surface area (Å²) >= 11 is 0. The van der Waals surface area contributed by atoms with Gasteiger partial charge in [-0.25, -0.2) is 19.6 Å². The number of anilines is 4. The van der Waals surface area contributed by atoms with E-state index in [9.17, 15) is 38.4 Å². The minimum absolute atomic E-state index is 0.188. The molecular weight excluding hydrogens is 568 g/mol. The van der Waals surface area contributed by atoms with Crippen molar-refractivity contribution in [1.29, 1.82) is 0 Å². The molecule has 0 N–H and O–H groups in total. The minimum Gasteiger partial charge on any atom is -0.274 e. The normalized spacial score (nSPS) is 29.5. The highest BCUT2D eigenvalue weighted by Crippen LogP contribution is 2.71. The predicted octanol–water partition coefficient (Wildman–Crippen LogP) is 2.03. The van der Waals surface area contributed by atoms with Crippen molar-refractivity contribution in [2.75, 3.05) is 19.6 Å². The molecule has 44 heavy (non-hydrogen) atoms. The fourth-order valence-electron chi connectivity index (χ4n) is 7.60. The van der Waals surface area contributed by atoms with Crippen molar-refractivity contribution in [2.24, 2.45) is 22.7 Å². The Hall–Kier alpha value is -5.52. The van der Waals surface area contributed by atoms with Crippen LogP contribution in [0.1, 0.15) is 27.7 Å². The summed E-state index contributed by atoms with van der Waals surface area (Å²) in [6.07, 6.45) is 2.45. The van der Waals surface area contributed by atoms with Crippen molar-refractivity contribution in [1.82, 2.24) is 0 Å². The topological polar surface area (TPSA) is 150 Å². The number of hydrogen-bond acceptors (Lipinski definition) is 8. The molecule has 2 aromatic carbocycles. The molecule has 3 fully saturated rings. The van der Waals surface area contributed by atoms with Gasteiger partial charge >= 0.3 is 0 Å². The van der Waals surface area contributed by atoms with Crippen molar-refractivity contribution >= 4 is 70.0 Å². The van der Waals surface area contributed by atoms with Crippen LogP contribution in [0.25, 0.3) is 0 Å². The monoisotopic (exact) mass is 592 g/mol. The van der Waals surface area contributed by atoms with Gasteiger partial charge in [0.05, 0.1) is 45.4 Å². The Labute approximate surface area is 250 Å². The summed E-state index contributed by atoms with van der Waals surface area (Å²) in [6.45, 7) is 6.10. The van der Waals surface area contributed by atoms with Gasteiger partial charge in [0.15, 0.2) is 0 Å². The van der Waals surface area contributed by atoms with E-state index in [-0.39, 0.29) is 33.9 Å². The van der Waals surface area contributed by atoms with Crippen LogP contribution in [0.3, 0.4) is 0 Å². The third kappa shape index (κ3) is 3.06. The Morgan fingerprint density at radius 1 is 0.477 bits per heavy atom. The van der Waals surface area contributed by atoms with Crippen LogP contribution in [0.15, 0.2) is 71.8 Å². The number of rotatable bonds is 4. The summed E-state index contributed by atoms with van der Waals surface area (Å²) in [7, 11) is 0. The number of fused-ring (bicyclic) bond motifs is 4. The van der Waals surface area contributed by atoms with Crippen LogP contribution in [-0.4, -0.2) is 47.3 Å². The van der Waals surface area contributed by atoms with Gasteiger partial charge in [-0.2, -0.15) is 0 Å². The van der Waals surface area contributed by atoms with Crippen LogP contribution < -0.4 is 19.6 Å². The Morgan fingerprint density at radius 3 is 1.00 bits per heavy atom. The Bertz CT molecular complexity index is 1740. The zero-order valence-electron chi connectivity index (χ0n) is 24.0. The molecule has 0 unspecified atom stereocenters. The van der Waals surface area contributed by atoms with E-state index in [1.165, 1.54) is 88.4 Å². The molecule has 0 spiro atoms. The summed E-state index contributed by atoms with van der Waals surface area (Å²) in [4.78, 5) is 108. The molecule has 4 heterocycles. The zero-order valence-corrected chi connectivity index (χ0v) is 24.0. The molecular formula is C32H24N4O8. The molecule has 8 amide bonds. The average molecular weight is 593 g/mol. The first-order valence-electron chi connectivity index (χ1n) is 13.8. The predicted molar refractivity (Wildman–Crippen MR) is 154 cm³/mol. The fraction of sp³-hybridized carbons (Fsp3) is 0.250. The summed E-state index contributed by atoms with van der Waals surface area (Å²) < 4.78 is 0. The van der Waals surface area contributed by atoms with E-state index in [0.29, 0.717) is 0 Å². The molecule has 0 bridgehead atoms. The van der Waals surface area contributed by atoms with Crippen molar-refractivity contribution in [3.63, 3.8) is 0 Å². The number of carbonyl (C=O) groups excluding carboxylic acids is 8. The van der Waals surface area contributed by atoms with Crippen molar-refractivity contribution in [3.05, 3.63) is 71.8 Å². The average Bonchev–Trinajstić information content (AvgIpc) is 3.51. The second-order valence-corrected chi connectivity index (χ2v) is 12.0. The summed E-state index contributed by atoms with van der Waals surface area (Å²) in [6, 6.07) is 11.6. The third-order valence-electron chi connectivity index (χ3n) is 9.60. The summed E-state index contributed by atoms with van der Waals surface area (Å²) in [5.41, 5.74) is -1.47. The van der Waals surface area contributed by atoms with Crippen LogP contribution in [0, 0.1) is 22.7 Å². The number of imide groups is 4. The first-order valence-corrected chi connectivity index (χ1v) is 13.8. The van der Waals surface area contributed by atoms with Gasteiger partial charge < -0.3 is 0 Å². The molecule has 220 valence electrons. The van der Waals surface area contributed by atoms with Gasteiger partial charge in [0.2, 0.25) is 23.6 Å². The number of amides is 8. The molecule has 4 aliphatic heterocycles. The van der Waals surface area contributed by atoms with Gasteiger partial charge in [-0.3, -0.25) is 38.4 Å². The fourth-order valence-corrected chi connectivity index (χ4v) is 7.60. The van der Waals surface area contributed by atoms with Gasteiger partial charge in [0, 0.05) is 23.3 Å². The molecule has 1 saturated carbocycles. The SMILES string of the molecule is CC1=CC(=O)N(c2ccc(N3C(=O)C4C(C)(C3=O)C3C(=O)N(c5ccc(N6C(=O)C=C(C)C6=O)cc5)C(=O)C43C)cc2)C1=O. The highest BCUT2D eigenvalue weighted by molar-refractivity contribution is 6.35. The van der Waals surface area contributed by atoms with E-state index >= 15 is 0 Å². The van der Waals surface area contributed by atoms with E-state index in [4.69, 9.17) is 0 Å². The molecule has 1 aliphatic carbocycles. The van der Waals surface area contributed by atoms with Crippen LogP contribution in [0.2, 0.25) is 0 Å². The van der Waals surface area contributed by atoms with Crippen LogP contribution >= 0.6 is 0 Å². The lowest BCUT2D eigenvalue weighted by atomic mass is 9.41. The van der Waals surface area contributed by atoms with Crippen molar-refractivity contribution in [2.45, 2.75) is 27.7 Å². The lowest BCUT2D eigenvalue weighted by Gasteiger charge is -2.53. The second-order valence-electron chi connectivity index (χ2n) is 12.0. The molecule has 12 heteroatoms. The molecule has 12 nitrogen and oxygen atoms in total. The number of carbonyl (C=O) groups is 8. The number of hydrogen-bond donors (Lipinski definition) is 0. The first kappa shape index (κ1) is 27.3. The molecule has 7 rings (SSSR count). The number of benzene rings is 2. The van der Waals surface area contributed by atoms with Gasteiger partial charge in [-0.05, 0) is 76.2 Å². The highest BCUT2D eigenvalue weighted by atomic mass is 16.2. The van der Waals surface area contributed by atoms with Crippen molar-refractivity contribution < 1.29 is 38.4 Å². The second kappa shape index (κ2) is 8.53. The van der Waals surface area contributed by atoms with Crippen LogP contribution in [-0.2, 0) is 38.4 Å². The molecule has 0 radical (unpaired) electrons. The molecule has 0 aromatic heterocycles. The number of nitrogens with zero attached hydrogens (tertiary/aromatic N) is 4. The summed E-state index contributed by atoms with van der Waals surface area (Å²) in [5, 5.41) is 0. The van der Waals surface area contributed by atoms with E-state index < -0.39 is 69.9 Å². The van der Waals surface area contributed by atoms with Crippen LogP contribution in [0.5, 0.6) is 0 Å². The Morgan fingerprint density at radius 2 is 0.750 bits per heavy atom. The van der Waals surface area contributed by atoms with E-state index in [1.54, 1.807) is 0 Å². The zero-order chi connectivity index (χ0) is 31.6. The van der Waals surface area contributed by atoms with E-state index in [2.05, 4.69) is 0 Å². The molecule has 5 aliphatic rings. The van der Waals surface area contributed by atoms with Gasteiger partial charge in [0.25, 0.3) is 23.6 Å². The van der Waals surface area contributed by atoms with Crippen molar-refractivity contribution in [3.8, 4) is 0 Å². The third-order valence-corrected chi connectivity index (χ3v) is 9.60. The van der Waals surface area contributed by atoms with Gasteiger partial charge in [-0.1, -0.05) is 0 Å².